The Labute approximate surface area is 160 Å². The van der Waals surface area contributed by atoms with Crippen LogP contribution in [0.15, 0.2) is 41.4 Å². The zero-order chi connectivity index (χ0) is 18.5. The summed E-state index contributed by atoms with van der Waals surface area (Å²) < 4.78 is 36.8. The normalized spacial score (nSPS) is 12.3. The van der Waals surface area contributed by atoms with Crippen molar-refractivity contribution in [3.63, 3.8) is 0 Å². The third kappa shape index (κ3) is 5.45. The van der Waals surface area contributed by atoms with Gasteiger partial charge in [-0.05, 0) is 35.4 Å². The first-order valence-corrected chi connectivity index (χ1v) is 7.73. The second-order valence-electron chi connectivity index (χ2n) is 5.49. The highest BCUT2D eigenvalue weighted by molar-refractivity contribution is 5.96. The van der Waals surface area contributed by atoms with Crippen molar-refractivity contribution in [3.05, 3.63) is 59.2 Å². The van der Waals surface area contributed by atoms with Crippen molar-refractivity contribution in [2.45, 2.75) is 13.1 Å². The zero-order valence-electron chi connectivity index (χ0n) is 14.1. The fourth-order valence-corrected chi connectivity index (χ4v) is 2.31. The number of fused-ring (bicyclic) bond motifs is 1. The number of benzene rings is 2. The second kappa shape index (κ2) is 9.04. The number of aliphatic imine (C=N–C) groups is 1. The molecule has 0 atom stereocenters. The fraction of sp³-hybridized carbons (Fsp3) is 0.176. The zero-order valence-corrected chi connectivity index (χ0v) is 14.9. The van der Waals surface area contributed by atoms with E-state index in [1.165, 1.54) is 6.07 Å². The van der Waals surface area contributed by atoms with Gasteiger partial charge in [0.25, 0.3) is 0 Å². The van der Waals surface area contributed by atoms with Crippen molar-refractivity contribution in [1.29, 1.82) is 5.41 Å². The maximum Gasteiger partial charge on any atom is 0.231 e. The van der Waals surface area contributed by atoms with Gasteiger partial charge in [-0.1, -0.05) is 12.1 Å². The number of rotatable bonds is 4. The summed E-state index contributed by atoms with van der Waals surface area (Å²) in [6, 6.07) is 9.04. The molecule has 144 valence electrons. The molecule has 10 heteroatoms. The largest absolute Gasteiger partial charge is 0.454 e. The Kier molecular flexibility index (Phi) is 6.78. The standard InChI is InChI=1S/C17H17F2N5O2.ClH/c18-12-3-1-10(5-13(12)19)7-22-17(24-16(20)21)23-8-11-2-4-14-15(6-11)26-9-25-14;/h1-6H,7-9H2,(H5,20,21,22,23,24);1H. The van der Waals surface area contributed by atoms with Gasteiger partial charge in [0.2, 0.25) is 6.79 Å². The topological polar surface area (TPSA) is 105 Å². The number of hydrogen-bond donors (Lipinski definition) is 4. The average molecular weight is 398 g/mol. The van der Waals surface area contributed by atoms with E-state index >= 15 is 0 Å². The van der Waals surface area contributed by atoms with Crippen LogP contribution in [-0.4, -0.2) is 18.7 Å². The highest BCUT2D eigenvalue weighted by atomic mass is 35.5. The summed E-state index contributed by atoms with van der Waals surface area (Å²) in [5.41, 5.74) is 6.74. The molecule has 0 radical (unpaired) electrons. The highest BCUT2D eigenvalue weighted by Gasteiger charge is 2.13. The SMILES string of the molecule is Cl.N=C(N)NC(=NCc1ccc(F)c(F)c1)NCc1ccc2c(c1)OCO2. The van der Waals surface area contributed by atoms with Crippen LogP contribution in [0.25, 0.3) is 0 Å². The molecule has 0 saturated heterocycles. The first kappa shape index (κ1) is 20.2. The molecule has 0 amide bonds. The van der Waals surface area contributed by atoms with Gasteiger partial charge in [-0.2, -0.15) is 0 Å². The van der Waals surface area contributed by atoms with E-state index in [1.54, 1.807) is 6.07 Å². The van der Waals surface area contributed by atoms with E-state index in [-0.39, 0.29) is 37.7 Å². The van der Waals surface area contributed by atoms with E-state index in [2.05, 4.69) is 15.6 Å². The van der Waals surface area contributed by atoms with Crippen molar-refractivity contribution in [3.8, 4) is 11.5 Å². The number of ether oxygens (including phenoxy) is 2. The van der Waals surface area contributed by atoms with Crippen molar-refractivity contribution in [2.75, 3.05) is 6.79 Å². The number of halogens is 3. The summed E-state index contributed by atoms with van der Waals surface area (Å²) in [5.74, 6) is -0.577. The molecule has 1 aliphatic heterocycles. The van der Waals surface area contributed by atoms with Gasteiger partial charge in [-0.15, -0.1) is 12.4 Å². The van der Waals surface area contributed by atoms with Gasteiger partial charge in [0.15, 0.2) is 35.1 Å². The minimum absolute atomic E-state index is 0. The molecule has 0 saturated carbocycles. The van der Waals surface area contributed by atoms with Crippen LogP contribution in [0.2, 0.25) is 0 Å². The van der Waals surface area contributed by atoms with E-state index < -0.39 is 11.6 Å². The minimum Gasteiger partial charge on any atom is -0.454 e. The first-order chi connectivity index (χ1) is 12.5. The van der Waals surface area contributed by atoms with Crippen molar-refractivity contribution >= 4 is 24.3 Å². The van der Waals surface area contributed by atoms with Gasteiger partial charge in [-0.25, -0.2) is 13.8 Å². The minimum atomic E-state index is -0.938. The van der Waals surface area contributed by atoms with Gasteiger partial charge in [0.05, 0.1) is 6.54 Å². The van der Waals surface area contributed by atoms with Crippen LogP contribution in [0.3, 0.4) is 0 Å². The van der Waals surface area contributed by atoms with Gasteiger partial charge in [-0.3, -0.25) is 10.7 Å². The lowest BCUT2D eigenvalue weighted by Gasteiger charge is -2.12. The molecule has 1 aliphatic rings. The molecule has 2 aromatic carbocycles. The van der Waals surface area contributed by atoms with Gasteiger partial charge in [0.1, 0.15) is 0 Å². The number of nitrogens with zero attached hydrogens (tertiary/aromatic N) is 1. The Hall–Kier alpha value is -3.07. The smallest absolute Gasteiger partial charge is 0.231 e. The molecule has 7 nitrogen and oxygen atoms in total. The molecule has 0 unspecified atom stereocenters. The summed E-state index contributed by atoms with van der Waals surface area (Å²) in [4.78, 5) is 4.22. The lowest BCUT2D eigenvalue weighted by Crippen LogP contribution is -2.43. The van der Waals surface area contributed by atoms with E-state index in [4.69, 9.17) is 20.6 Å². The first-order valence-electron chi connectivity index (χ1n) is 7.73. The Morgan fingerprint density at radius 3 is 2.56 bits per heavy atom. The molecule has 3 rings (SSSR count). The predicted molar refractivity (Wildman–Crippen MR) is 99.2 cm³/mol. The third-order valence-electron chi connectivity index (χ3n) is 3.55. The molecule has 27 heavy (non-hydrogen) atoms. The van der Waals surface area contributed by atoms with E-state index in [1.807, 2.05) is 12.1 Å². The summed E-state index contributed by atoms with van der Waals surface area (Å²) in [6.07, 6.45) is 0. The van der Waals surface area contributed by atoms with Crippen LogP contribution in [0.5, 0.6) is 11.5 Å². The summed E-state index contributed by atoms with van der Waals surface area (Å²) in [6.45, 7) is 0.660. The molecule has 0 bridgehead atoms. The van der Waals surface area contributed by atoms with Crippen molar-refractivity contribution in [2.24, 2.45) is 10.7 Å². The monoisotopic (exact) mass is 397 g/mol. The van der Waals surface area contributed by atoms with E-state index in [9.17, 15) is 8.78 Å². The van der Waals surface area contributed by atoms with Crippen LogP contribution in [0, 0.1) is 17.0 Å². The molecule has 1 heterocycles. The third-order valence-corrected chi connectivity index (χ3v) is 3.55. The van der Waals surface area contributed by atoms with Gasteiger partial charge in [0, 0.05) is 6.54 Å². The van der Waals surface area contributed by atoms with Gasteiger partial charge < -0.3 is 20.5 Å². The van der Waals surface area contributed by atoms with Crippen LogP contribution in [-0.2, 0) is 13.1 Å². The lowest BCUT2D eigenvalue weighted by atomic mass is 10.2. The lowest BCUT2D eigenvalue weighted by molar-refractivity contribution is 0.174. The van der Waals surface area contributed by atoms with Gasteiger partial charge >= 0.3 is 0 Å². The van der Waals surface area contributed by atoms with Crippen molar-refractivity contribution in [1.82, 2.24) is 10.6 Å². The maximum absolute atomic E-state index is 13.3. The Morgan fingerprint density at radius 1 is 1.07 bits per heavy atom. The average Bonchev–Trinajstić information content (AvgIpc) is 3.07. The Bertz CT molecular complexity index is 863. The molecular formula is C17H18ClF2N5O2. The molecule has 0 spiro atoms. The Balaban J connectivity index is 0.00000261. The Morgan fingerprint density at radius 2 is 1.81 bits per heavy atom. The van der Waals surface area contributed by atoms with Crippen molar-refractivity contribution < 1.29 is 18.3 Å². The van der Waals surface area contributed by atoms with Crippen LogP contribution >= 0.6 is 12.4 Å². The molecule has 0 aliphatic carbocycles. The second-order valence-corrected chi connectivity index (χ2v) is 5.49. The van der Waals surface area contributed by atoms with E-state index in [0.717, 1.165) is 17.7 Å². The molecular weight excluding hydrogens is 380 g/mol. The maximum atomic E-state index is 13.3. The number of hydrogen-bond acceptors (Lipinski definition) is 4. The molecule has 0 fully saturated rings. The molecule has 0 aromatic heterocycles. The molecule has 5 N–H and O–H groups in total. The number of nitrogens with two attached hydrogens (primary N) is 1. The summed E-state index contributed by atoms with van der Waals surface area (Å²) in [5, 5.41) is 12.9. The predicted octanol–water partition coefficient (Wildman–Crippen LogP) is 2.24. The number of guanidine groups is 2. The van der Waals surface area contributed by atoms with Crippen LogP contribution in [0.1, 0.15) is 11.1 Å². The molecule has 2 aromatic rings. The fourth-order valence-electron chi connectivity index (χ4n) is 2.31. The quantitative estimate of drug-likeness (QED) is 0.468. The van der Waals surface area contributed by atoms with Crippen LogP contribution in [0.4, 0.5) is 8.78 Å². The highest BCUT2D eigenvalue weighted by Crippen LogP contribution is 2.32. The number of nitrogens with one attached hydrogen (secondary N) is 3. The van der Waals surface area contributed by atoms with Crippen LogP contribution < -0.4 is 25.8 Å². The summed E-state index contributed by atoms with van der Waals surface area (Å²) >= 11 is 0. The summed E-state index contributed by atoms with van der Waals surface area (Å²) in [7, 11) is 0. The van der Waals surface area contributed by atoms with E-state index in [0.29, 0.717) is 23.6 Å².